The first-order chi connectivity index (χ1) is 15.8. The number of aromatic nitrogens is 2. The highest BCUT2D eigenvalue weighted by molar-refractivity contribution is 7.18. The lowest BCUT2D eigenvalue weighted by atomic mass is 9.86. The van der Waals surface area contributed by atoms with E-state index in [4.69, 9.17) is 5.73 Å². The number of likely N-dealkylation sites (tertiary alicyclic amines) is 1. The van der Waals surface area contributed by atoms with Crippen LogP contribution in [-0.4, -0.2) is 47.2 Å². The van der Waals surface area contributed by atoms with Crippen molar-refractivity contribution in [1.82, 2.24) is 14.9 Å². The van der Waals surface area contributed by atoms with Gasteiger partial charge in [0.1, 0.15) is 17.0 Å². The van der Waals surface area contributed by atoms with Crippen LogP contribution in [0.25, 0.3) is 10.2 Å². The third kappa shape index (κ3) is 4.58. The second kappa shape index (κ2) is 8.52. The number of rotatable bonds is 5. The normalized spacial score (nSPS) is 22.6. The molecule has 2 fully saturated rings. The van der Waals surface area contributed by atoms with Crippen LogP contribution >= 0.6 is 11.3 Å². The Balaban J connectivity index is 1.31. The maximum Gasteiger partial charge on any atom is 0.393 e. The third-order valence-corrected chi connectivity index (χ3v) is 8.23. The van der Waals surface area contributed by atoms with Crippen molar-refractivity contribution in [2.24, 2.45) is 11.1 Å². The van der Waals surface area contributed by atoms with Gasteiger partial charge in [-0.05, 0) is 43.5 Å². The summed E-state index contributed by atoms with van der Waals surface area (Å²) in [5.74, 6) is 0.769. The second-order valence-corrected chi connectivity index (χ2v) is 10.5. The molecule has 1 aromatic carbocycles. The molecule has 1 spiro atoms. The van der Waals surface area contributed by atoms with Crippen LogP contribution in [0.5, 0.6) is 0 Å². The summed E-state index contributed by atoms with van der Waals surface area (Å²) in [6, 6.07) is 10.5. The van der Waals surface area contributed by atoms with Crippen LogP contribution < -0.4 is 10.6 Å². The summed E-state index contributed by atoms with van der Waals surface area (Å²) < 4.78 is 38.7. The molecule has 2 saturated heterocycles. The van der Waals surface area contributed by atoms with E-state index in [1.54, 1.807) is 6.07 Å². The van der Waals surface area contributed by atoms with E-state index in [2.05, 4.69) is 51.0 Å². The standard InChI is InChI=1S/C24H28F3N5S/c1-16(18-4-2-17(12-28)3-5-18)31-8-6-23(13-31)7-9-32(14-23)21-20-10-19(11-24(25,26)27)33-22(20)30-15-29-21/h2-5,10,15-16H,6-9,11-14,28H2,1H3. The van der Waals surface area contributed by atoms with Gasteiger partial charge in [-0.1, -0.05) is 24.3 Å². The van der Waals surface area contributed by atoms with Gasteiger partial charge in [-0.25, -0.2) is 9.97 Å². The number of benzene rings is 1. The minimum atomic E-state index is -4.22. The molecule has 5 nitrogen and oxygen atoms in total. The van der Waals surface area contributed by atoms with Crippen molar-refractivity contribution in [2.75, 3.05) is 31.1 Å². The summed E-state index contributed by atoms with van der Waals surface area (Å²) in [7, 11) is 0. The zero-order chi connectivity index (χ0) is 23.2. The van der Waals surface area contributed by atoms with E-state index >= 15 is 0 Å². The Morgan fingerprint density at radius 2 is 1.88 bits per heavy atom. The van der Waals surface area contributed by atoms with Gasteiger partial charge in [0.2, 0.25) is 0 Å². The summed E-state index contributed by atoms with van der Waals surface area (Å²) in [5, 5.41) is 0.738. The number of hydrogen-bond donors (Lipinski definition) is 1. The highest BCUT2D eigenvalue weighted by atomic mass is 32.1. The fourth-order valence-corrected chi connectivity index (χ4v) is 6.34. The van der Waals surface area contributed by atoms with Gasteiger partial charge in [0.15, 0.2) is 0 Å². The Morgan fingerprint density at radius 3 is 2.61 bits per heavy atom. The van der Waals surface area contributed by atoms with E-state index in [9.17, 15) is 13.2 Å². The molecule has 0 aliphatic carbocycles. The fraction of sp³-hybridized carbons (Fsp3) is 0.500. The average molecular weight is 476 g/mol. The van der Waals surface area contributed by atoms with Crippen molar-refractivity contribution in [2.45, 2.75) is 44.9 Å². The first-order valence-electron chi connectivity index (χ1n) is 11.3. The maximum absolute atomic E-state index is 12.9. The molecule has 2 aliphatic rings. The zero-order valence-electron chi connectivity index (χ0n) is 18.6. The predicted octanol–water partition coefficient (Wildman–Crippen LogP) is 4.92. The lowest BCUT2D eigenvalue weighted by Gasteiger charge is -2.28. The fourth-order valence-electron chi connectivity index (χ4n) is 5.32. The quantitative estimate of drug-likeness (QED) is 0.568. The summed E-state index contributed by atoms with van der Waals surface area (Å²) in [6.45, 7) is 6.60. The largest absolute Gasteiger partial charge is 0.393 e. The topological polar surface area (TPSA) is 58.3 Å². The maximum atomic E-state index is 12.9. The van der Waals surface area contributed by atoms with E-state index in [0.29, 0.717) is 17.4 Å². The Morgan fingerprint density at radius 1 is 1.12 bits per heavy atom. The molecule has 176 valence electrons. The van der Waals surface area contributed by atoms with Gasteiger partial charge >= 0.3 is 6.18 Å². The van der Waals surface area contributed by atoms with Crippen molar-refractivity contribution in [3.8, 4) is 0 Å². The number of nitrogens with two attached hydrogens (primary N) is 1. The van der Waals surface area contributed by atoms with Gasteiger partial charge in [-0.2, -0.15) is 13.2 Å². The molecule has 9 heteroatoms. The molecule has 2 aromatic heterocycles. The molecule has 3 aromatic rings. The van der Waals surface area contributed by atoms with Crippen LogP contribution in [0, 0.1) is 5.41 Å². The monoisotopic (exact) mass is 475 g/mol. The van der Waals surface area contributed by atoms with E-state index in [1.165, 1.54) is 11.9 Å². The highest BCUT2D eigenvalue weighted by Crippen LogP contribution is 2.44. The predicted molar refractivity (Wildman–Crippen MR) is 125 cm³/mol. The molecule has 4 heterocycles. The van der Waals surface area contributed by atoms with Gasteiger partial charge < -0.3 is 10.6 Å². The van der Waals surface area contributed by atoms with Crippen molar-refractivity contribution in [3.05, 3.63) is 52.7 Å². The summed E-state index contributed by atoms with van der Waals surface area (Å²) in [4.78, 5) is 14.4. The van der Waals surface area contributed by atoms with E-state index in [1.807, 2.05) is 0 Å². The molecule has 0 bridgehead atoms. The SMILES string of the molecule is CC(c1ccc(CN)cc1)N1CCC2(CCN(c3ncnc4sc(CC(F)(F)F)cc34)C2)C1. The smallest absolute Gasteiger partial charge is 0.355 e. The second-order valence-electron chi connectivity index (χ2n) is 9.43. The Hall–Kier alpha value is -2.23. The number of fused-ring (bicyclic) bond motifs is 1. The number of nitrogens with zero attached hydrogens (tertiary/aromatic N) is 4. The van der Waals surface area contributed by atoms with Gasteiger partial charge in [0.05, 0.1) is 11.8 Å². The molecule has 2 atom stereocenters. The lowest BCUT2D eigenvalue weighted by Crippen LogP contribution is -2.32. The number of alkyl halides is 3. The number of thiophene rings is 1. The molecule has 2 aliphatic heterocycles. The summed E-state index contributed by atoms with van der Waals surface area (Å²) in [6.07, 6.45) is -1.48. The van der Waals surface area contributed by atoms with Crippen molar-refractivity contribution in [1.29, 1.82) is 0 Å². The van der Waals surface area contributed by atoms with Gasteiger partial charge in [0, 0.05) is 42.5 Å². The first kappa shape index (κ1) is 22.6. The van der Waals surface area contributed by atoms with E-state index in [-0.39, 0.29) is 10.3 Å². The summed E-state index contributed by atoms with van der Waals surface area (Å²) in [5.41, 5.74) is 8.35. The summed E-state index contributed by atoms with van der Waals surface area (Å²) >= 11 is 1.11. The molecule has 2 N–H and O–H groups in total. The molecule has 0 radical (unpaired) electrons. The zero-order valence-corrected chi connectivity index (χ0v) is 19.4. The van der Waals surface area contributed by atoms with Crippen LogP contribution in [0.4, 0.5) is 19.0 Å². The molecule has 33 heavy (non-hydrogen) atoms. The highest BCUT2D eigenvalue weighted by Gasteiger charge is 2.45. The third-order valence-electron chi connectivity index (χ3n) is 7.19. The first-order valence-corrected chi connectivity index (χ1v) is 12.1. The Bertz CT molecular complexity index is 1130. The average Bonchev–Trinajstić information content (AvgIpc) is 3.50. The van der Waals surface area contributed by atoms with Gasteiger partial charge in [-0.15, -0.1) is 11.3 Å². The van der Waals surface area contributed by atoms with E-state index < -0.39 is 12.6 Å². The number of halogens is 3. The number of anilines is 1. The van der Waals surface area contributed by atoms with Crippen LogP contribution in [-0.2, 0) is 13.0 Å². The molecule has 5 rings (SSSR count). The van der Waals surface area contributed by atoms with Crippen LogP contribution in [0.15, 0.2) is 36.7 Å². The molecule has 0 amide bonds. The van der Waals surface area contributed by atoms with Crippen molar-refractivity contribution >= 4 is 27.4 Å². The minimum absolute atomic E-state index is 0.188. The Kier molecular flexibility index (Phi) is 5.83. The van der Waals surface area contributed by atoms with Crippen molar-refractivity contribution in [3.63, 3.8) is 0 Å². The van der Waals surface area contributed by atoms with Crippen LogP contribution in [0.2, 0.25) is 0 Å². The van der Waals surface area contributed by atoms with Crippen LogP contribution in [0.1, 0.15) is 41.8 Å². The van der Waals surface area contributed by atoms with Crippen LogP contribution in [0.3, 0.4) is 0 Å². The minimum Gasteiger partial charge on any atom is -0.355 e. The van der Waals surface area contributed by atoms with Gasteiger partial charge in [0.25, 0.3) is 0 Å². The number of hydrogen-bond acceptors (Lipinski definition) is 6. The van der Waals surface area contributed by atoms with Crippen molar-refractivity contribution < 1.29 is 13.2 Å². The molecule has 2 unspecified atom stereocenters. The lowest BCUT2D eigenvalue weighted by molar-refractivity contribution is -0.126. The molecular formula is C24H28F3N5S. The Labute approximate surface area is 195 Å². The molecule has 0 saturated carbocycles. The van der Waals surface area contributed by atoms with E-state index in [0.717, 1.165) is 67.1 Å². The van der Waals surface area contributed by atoms with Gasteiger partial charge in [-0.3, -0.25) is 4.90 Å². The molecular weight excluding hydrogens is 447 g/mol.